The molecule has 2 aromatic rings. The highest BCUT2D eigenvalue weighted by molar-refractivity contribution is 6.16. The van der Waals surface area contributed by atoms with Crippen LogP contribution in [0.4, 0.5) is 5.69 Å². The van der Waals surface area contributed by atoms with E-state index in [1.165, 1.54) is 4.90 Å². The largest absolute Gasteiger partial charge is 0.503 e. The zero-order valence-corrected chi connectivity index (χ0v) is 17.1. The third-order valence-electron chi connectivity index (χ3n) is 5.12. The van der Waals surface area contributed by atoms with E-state index in [0.717, 1.165) is 11.1 Å². The molecular formula is C24H27NO3. The predicted octanol–water partition coefficient (Wildman–Crippen LogP) is 5.11. The van der Waals surface area contributed by atoms with Crippen LogP contribution in [0.15, 0.2) is 65.9 Å². The van der Waals surface area contributed by atoms with Crippen molar-refractivity contribution in [1.82, 2.24) is 0 Å². The number of benzene rings is 2. The molecule has 0 fully saturated rings. The van der Waals surface area contributed by atoms with E-state index in [1.807, 2.05) is 54.6 Å². The van der Waals surface area contributed by atoms with Gasteiger partial charge < -0.3 is 5.11 Å². The first kappa shape index (κ1) is 19.9. The van der Waals surface area contributed by atoms with Crippen LogP contribution < -0.4 is 4.90 Å². The first-order valence-corrected chi connectivity index (χ1v) is 9.59. The van der Waals surface area contributed by atoms with Gasteiger partial charge in [0.2, 0.25) is 0 Å². The number of hydrogen-bond acceptors (Lipinski definition) is 3. The number of hydrogen-bond donors (Lipinski definition) is 1. The van der Waals surface area contributed by atoms with Crippen LogP contribution in [-0.2, 0) is 15.0 Å². The number of carbonyl (C=O) groups excluding carboxylic acids is 2. The lowest BCUT2D eigenvalue weighted by Gasteiger charge is -2.28. The van der Waals surface area contributed by atoms with E-state index in [9.17, 15) is 14.7 Å². The van der Waals surface area contributed by atoms with Gasteiger partial charge in [-0.3, -0.25) is 14.5 Å². The zero-order chi connectivity index (χ0) is 20.6. The van der Waals surface area contributed by atoms with E-state index in [-0.39, 0.29) is 22.7 Å². The first-order chi connectivity index (χ1) is 13.1. The highest BCUT2D eigenvalue weighted by Gasteiger charge is 2.44. The molecule has 4 nitrogen and oxygen atoms in total. The van der Waals surface area contributed by atoms with Gasteiger partial charge >= 0.3 is 0 Å². The minimum absolute atomic E-state index is 0.00228. The Morgan fingerprint density at radius 3 is 2.07 bits per heavy atom. The fraction of sp³-hybridized carbons (Fsp3) is 0.333. The molecule has 0 bridgehead atoms. The van der Waals surface area contributed by atoms with Crippen LogP contribution in [0.1, 0.15) is 51.8 Å². The van der Waals surface area contributed by atoms with E-state index >= 15 is 0 Å². The lowest BCUT2D eigenvalue weighted by atomic mass is 9.85. The normalized spacial score (nSPS) is 17.6. The van der Waals surface area contributed by atoms with Gasteiger partial charge in [-0.25, -0.2) is 0 Å². The quantitative estimate of drug-likeness (QED) is 0.805. The van der Waals surface area contributed by atoms with Gasteiger partial charge in [-0.05, 0) is 28.7 Å². The highest BCUT2D eigenvalue weighted by Crippen LogP contribution is 2.42. The van der Waals surface area contributed by atoms with Gasteiger partial charge in [0.05, 0.1) is 11.6 Å². The zero-order valence-electron chi connectivity index (χ0n) is 17.1. The van der Waals surface area contributed by atoms with E-state index in [2.05, 4.69) is 20.8 Å². The number of nitrogens with zero attached hydrogens (tertiary/aromatic N) is 1. The van der Waals surface area contributed by atoms with Crippen LogP contribution in [0, 0.1) is 5.92 Å². The van der Waals surface area contributed by atoms with E-state index in [4.69, 9.17) is 0 Å². The van der Waals surface area contributed by atoms with Gasteiger partial charge in [0.15, 0.2) is 11.5 Å². The van der Waals surface area contributed by atoms with E-state index in [0.29, 0.717) is 5.69 Å². The minimum atomic E-state index is -0.640. The molecule has 1 heterocycles. The van der Waals surface area contributed by atoms with Crippen molar-refractivity contribution in [2.45, 2.75) is 46.1 Å². The molecule has 1 unspecified atom stereocenters. The van der Waals surface area contributed by atoms with Gasteiger partial charge in [0, 0.05) is 11.6 Å². The number of rotatable bonds is 4. The number of para-hydroxylation sites is 1. The van der Waals surface area contributed by atoms with Crippen molar-refractivity contribution in [1.29, 1.82) is 0 Å². The fourth-order valence-corrected chi connectivity index (χ4v) is 3.50. The Balaban J connectivity index is 2.15. The van der Waals surface area contributed by atoms with Crippen molar-refractivity contribution in [2.24, 2.45) is 5.92 Å². The van der Waals surface area contributed by atoms with Crippen molar-refractivity contribution < 1.29 is 14.7 Å². The van der Waals surface area contributed by atoms with Crippen LogP contribution in [0.25, 0.3) is 0 Å². The lowest BCUT2D eigenvalue weighted by Crippen LogP contribution is -2.31. The summed E-state index contributed by atoms with van der Waals surface area (Å²) in [6.07, 6.45) is 0. The van der Waals surface area contributed by atoms with Gasteiger partial charge in [0.25, 0.3) is 5.91 Å². The molecule has 0 radical (unpaired) electrons. The first-order valence-electron chi connectivity index (χ1n) is 9.59. The Labute approximate surface area is 166 Å². The van der Waals surface area contributed by atoms with Crippen LogP contribution in [0.3, 0.4) is 0 Å². The molecule has 1 aliphatic heterocycles. The van der Waals surface area contributed by atoms with Crippen molar-refractivity contribution in [3.05, 3.63) is 77.1 Å². The summed E-state index contributed by atoms with van der Waals surface area (Å²) in [4.78, 5) is 27.3. The Bertz CT molecular complexity index is 919. The maximum Gasteiger partial charge on any atom is 0.294 e. The molecular weight excluding hydrogens is 350 g/mol. The molecule has 1 N–H and O–H groups in total. The lowest BCUT2D eigenvalue weighted by molar-refractivity contribution is -0.119. The molecule has 1 atom stereocenters. The van der Waals surface area contributed by atoms with Crippen LogP contribution >= 0.6 is 0 Å². The fourth-order valence-electron chi connectivity index (χ4n) is 3.50. The predicted molar refractivity (Wildman–Crippen MR) is 111 cm³/mol. The number of ketones is 1. The summed E-state index contributed by atoms with van der Waals surface area (Å²) < 4.78 is 0. The molecule has 28 heavy (non-hydrogen) atoms. The summed E-state index contributed by atoms with van der Waals surface area (Å²) >= 11 is 0. The summed E-state index contributed by atoms with van der Waals surface area (Å²) in [6, 6.07) is 16.5. The van der Waals surface area contributed by atoms with E-state index < -0.39 is 17.7 Å². The molecule has 1 aliphatic rings. The third-order valence-corrected chi connectivity index (χ3v) is 5.12. The molecule has 0 spiro atoms. The second-order valence-electron chi connectivity index (χ2n) is 8.57. The Hall–Kier alpha value is -2.88. The topological polar surface area (TPSA) is 57.6 Å². The van der Waals surface area contributed by atoms with E-state index in [1.54, 1.807) is 13.8 Å². The number of Topliss-reactive ketones (excluding diaryl/α,β-unsaturated/α-hetero) is 1. The minimum Gasteiger partial charge on any atom is -0.503 e. The number of anilines is 1. The smallest absolute Gasteiger partial charge is 0.294 e. The molecule has 0 saturated heterocycles. The van der Waals surface area contributed by atoms with Crippen molar-refractivity contribution in [3.63, 3.8) is 0 Å². The summed E-state index contributed by atoms with van der Waals surface area (Å²) in [5.41, 5.74) is 2.79. The maximum atomic E-state index is 12.9. The second kappa shape index (κ2) is 7.27. The maximum absolute atomic E-state index is 12.9. The molecule has 0 aromatic heterocycles. The monoisotopic (exact) mass is 377 g/mol. The average molecular weight is 377 g/mol. The van der Waals surface area contributed by atoms with Crippen LogP contribution in [0.2, 0.25) is 0 Å². The summed E-state index contributed by atoms with van der Waals surface area (Å²) in [5.74, 6) is -1.53. The second-order valence-corrected chi connectivity index (χ2v) is 8.57. The molecule has 3 rings (SSSR count). The Morgan fingerprint density at radius 1 is 1.00 bits per heavy atom. The van der Waals surface area contributed by atoms with Gasteiger partial charge in [-0.2, -0.15) is 0 Å². The average Bonchev–Trinajstić information content (AvgIpc) is 2.92. The van der Waals surface area contributed by atoms with Crippen LogP contribution in [-0.4, -0.2) is 16.8 Å². The van der Waals surface area contributed by atoms with Gasteiger partial charge in [0.1, 0.15) is 0 Å². The number of carbonyl (C=O) groups is 2. The van der Waals surface area contributed by atoms with Crippen molar-refractivity contribution in [2.75, 3.05) is 4.90 Å². The standard InChI is InChI=1S/C24H27NO3/c1-15(2)21(26)19-20(16-11-13-17(14-12-16)24(3,4)5)25(23(28)22(19)27)18-9-7-6-8-10-18/h6-15,20,27H,1-5H3. The number of aliphatic hydroxyl groups is 1. The molecule has 0 aliphatic carbocycles. The van der Waals surface area contributed by atoms with Crippen molar-refractivity contribution in [3.8, 4) is 0 Å². The summed E-state index contributed by atoms with van der Waals surface area (Å²) in [6.45, 7) is 9.96. The number of aliphatic hydroxyl groups excluding tert-OH is 1. The Kier molecular flexibility index (Phi) is 5.16. The van der Waals surface area contributed by atoms with Crippen molar-refractivity contribution >= 4 is 17.4 Å². The summed E-state index contributed by atoms with van der Waals surface area (Å²) in [5, 5.41) is 10.6. The summed E-state index contributed by atoms with van der Waals surface area (Å²) in [7, 11) is 0. The number of amides is 1. The molecule has 0 saturated carbocycles. The SMILES string of the molecule is CC(C)C(=O)C1=C(O)C(=O)N(c2ccccc2)C1c1ccc(C(C)(C)C)cc1. The molecule has 2 aromatic carbocycles. The molecule has 4 heteroatoms. The third kappa shape index (κ3) is 3.47. The molecule has 146 valence electrons. The Morgan fingerprint density at radius 2 is 1.57 bits per heavy atom. The highest BCUT2D eigenvalue weighted by atomic mass is 16.3. The van der Waals surface area contributed by atoms with Crippen LogP contribution in [0.5, 0.6) is 0 Å². The van der Waals surface area contributed by atoms with Gasteiger partial charge in [-0.15, -0.1) is 0 Å². The van der Waals surface area contributed by atoms with Gasteiger partial charge in [-0.1, -0.05) is 77.1 Å². The molecule has 1 amide bonds.